The molecule has 0 fully saturated rings. The summed E-state index contributed by atoms with van der Waals surface area (Å²) in [5.41, 5.74) is 2.33. The number of pyridine rings is 1. The van der Waals surface area contributed by atoms with E-state index < -0.39 is 0 Å². The highest BCUT2D eigenvalue weighted by molar-refractivity contribution is 5.17. The maximum Gasteiger partial charge on any atom is 0.0591 e. The maximum absolute atomic E-state index is 5.44. The Bertz CT molecular complexity index is 305. The van der Waals surface area contributed by atoms with Crippen molar-refractivity contribution in [3.05, 3.63) is 29.6 Å². The van der Waals surface area contributed by atoms with Crippen molar-refractivity contribution in [3.63, 3.8) is 0 Å². The molecule has 0 amide bonds. The average Bonchev–Trinajstić information content (AvgIpc) is 2.35. The van der Waals surface area contributed by atoms with Crippen LogP contribution in [-0.2, 0) is 16.0 Å². The number of nitrogens with zero attached hydrogens (tertiary/aromatic N) is 1. The molecule has 0 radical (unpaired) electrons. The van der Waals surface area contributed by atoms with E-state index in [9.17, 15) is 0 Å². The van der Waals surface area contributed by atoms with Gasteiger partial charge < -0.3 is 14.8 Å². The summed E-state index contributed by atoms with van der Waals surface area (Å²) in [6, 6.07) is 4.03. The molecule has 0 unspecified atom stereocenters. The zero-order valence-electron chi connectivity index (χ0n) is 10.7. The van der Waals surface area contributed by atoms with E-state index in [-0.39, 0.29) is 0 Å². The third-order valence-corrected chi connectivity index (χ3v) is 2.47. The Balaban J connectivity index is 1.99. The lowest BCUT2D eigenvalue weighted by Crippen LogP contribution is -2.20. The standard InChI is InChI=1S/C13H22N2O2/c1-12-5-3-6-15-13(12)11-14-7-10-17-9-4-8-16-2/h3,5-6,14H,4,7-11H2,1-2H3. The number of hydrogen-bond donors (Lipinski definition) is 1. The van der Waals surface area contributed by atoms with Gasteiger partial charge in [-0.1, -0.05) is 6.07 Å². The quantitative estimate of drug-likeness (QED) is 0.663. The van der Waals surface area contributed by atoms with Crippen molar-refractivity contribution in [3.8, 4) is 0 Å². The summed E-state index contributed by atoms with van der Waals surface area (Å²) < 4.78 is 10.4. The van der Waals surface area contributed by atoms with Crippen molar-refractivity contribution in [2.75, 3.05) is 33.5 Å². The number of methoxy groups -OCH3 is 1. The Labute approximate surface area is 103 Å². The van der Waals surface area contributed by atoms with E-state index >= 15 is 0 Å². The summed E-state index contributed by atoms with van der Waals surface area (Å²) in [6.07, 6.45) is 2.78. The monoisotopic (exact) mass is 238 g/mol. The number of rotatable bonds is 9. The van der Waals surface area contributed by atoms with Crippen molar-refractivity contribution >= 4 is 0 Å². The number of aryl methyl sites for hydroxylation is 1. The Morgan fingerprint density at radius 1 is 1.29 bits per heavy atom. The normalized spacial score (nSPS) is 10.7. The van der Waals surface area contributed by atoms with E-state index in [0.717, 1.165) is 45.0 Å². The molecule has 0 aliphatic carbocycles. The molecule has 0 bridgehead atoms. The van der Waals surface area contributed by atoms with E-state index in [1.165, 1.54) is 5.56 Å². The Hall–Kier alpha value is -0.970. The van der Waals surface area contributed by atoms with E-state index in [4.69, 9.17) is 9.47 Å². The summed E-state index contributed by atoms with van der Waals surface area (Å²) in [4.78, 5) is 4.32. The molecule has 0 aliphatic heterocycles. The van der Waals surface area contributed by atoms with E-state index in [1.54, 1.807) is 7.11 Å². The summed E-state index contributed by atoms with van der Waals surface area (Å²) in [6.45, 7) is 5.98. The molecule has 1 aromatic rings. The van der Waals surface area contributed by atoms with Crippen molar-refractivity contribution in [1.29, 1.82) is 0 Å². The first-order valence-electron chi connectivity index (χ1n) is 6.02. The van der Waals surface area contributed by atoms with Crippen molar-refractivity contribution in [2.24, 2.45) is 0 Å². The van der Waals surface area contributed by atoms with Gasteiger partial charge in [0.2, 0.25) is 0 Å². The highest BCUT2D eigenvalue weighted by Gasteiger charge is 1.97. The lowest BCUT2D eigenvalue weighted by atomic mass is 10.2. The van der Waals surface area contributed by atoms with Crippen LogP contribution in [0.25, 0.3) is 0 Å². The molecule has 0 spiro atoms. The second-order valence-electron chi connectivity index (χ2n) is 3.90. The highest BCUT2D eigenvalue weighted by Crippen LogP contribution is 2.01. The molecular formula is C13H22N2O2. The van der Waals surface area contributed by atoms with Gasteiger partial charge in [0.1, 0.15) is 0 Å². The first-order valence-corrected chi connectivity index (χ1v) is 6.02. The molecule has 17 heavy (non-hydrogen) atoms. The fourth-order valence-electron chi connectivity index (χ4n) is 1.46. The molecule has 4 heteroatoms. The molecule has 0 saturated heterocycles. The Morgan fingerprint density at radius 2 is 2.18 bits per heavy atom. The second-order valence-corrected chi connectivity index (χ2v) is 3.90. The Morgan fingerprint density at radius 3 is 2.94 bits per heavy atom. The van der Waals surface area contributed by atoms with Crippen LogP contribution in [0.15, 0.2) is 18.3 Å². The molecule has 1 N–H and O–H groups in total. The zero-order chi connectivity index (χ0) is 12.3. The largest absolute Gasteiger partial charge is 0.385 e. The van der Waals surface area contributed by atoms with Crippen LogP contribution in [0.4, 0.5) is 0 Å². The third kappa shape index (κ3) is 6.36. The fraction of sp³-hybridized carbons (Fsp3) is 0.615. The van der Waals surface area contributed by atoms with Crippen LogP contribution in [0.5, 0.6) is 0 Å². The van der Waals surface area contributed by atoms with Gasteiger partial charge in [0.15, 0.2) is 0 Å². The van der Waals surface area contributed by atoms with Gasteiger partial charge in [0.05, 0.1) is 12.3 Å². The molecular weight excluding hydrogens is 216 g/mol. The minimum Gasteiger partial charge on any atom is -0.385 e. The smallest absolute Gasteiger partial charge is 0.0591 e. The topological polar surface area (TPSA) is 43.4 Å². The minimum absolute atomic E-state index is 0.732. The van der Waals surface area contributed by atoms with E-state index in [1.807, 2.05) is 12.3 Å². The molecule has 0 atom stereocenters. The number of hydrogen-bond acceptors (Lipinski definition) is 4. The van der Waals surface area contributed by atoms with Crippen LogP contribution in [-0.4, -0.2) is 38.5 Å². The molecule has 96 valence electrons. The average molecular weight is 238 g/mol. The Kier molecular flexibility index (Phi) is 7.54. The van der Waals surface area contributed by atoms with Gasteiger partial charge in [-0.2, -0.15) is 0 Å². The first kappa shape index (κ1) is 14.1. The number of ether oxygens (including phenoxy) is 2. The van der Waals surface area contributed by atoms with E-state index in [2.05, 4.69) is 23.3 Å². The molecule has 1 rings (SSSR count). The SMILES string of the molecule is COCCCOCCNCc1ncccc1C. The van der Waals surface area contributed by atoms with Gasteiger partial charge in [-0.05, 0) is 25.0 Å². The predicted octanol–water partition coefficient (Wildman–Crippen LogP) is 1.53. The summed E-state index contributed by atoms with van der Waals surface area (Å²) in [5.74, 6) is 0. The van der Waals surface area contributed by atoms with Crippen LogP contribution in [0.1, 0.15) is 17.7 Å². The predicted molar refractivity (Wildman–Crippen MR) is 68.0 cm³/mol. The molecule has 0 aliphatic rings. The summed E-state index contributed by atoms with van der Waals surface area (Å²) >= 11 is 0. The number of nitrogens with one attached hydrogen (secondary N) is 1. The molecule has 0 saturated carbocycles. The molecule has 1 heterocycles. The lowest BCUT2D eigenvalue weighted by Gasteiger charge is -2.07. The van der Waals surface area contributed by atoms with Crippen LogP contribution in [0, 0.1) is 6.92 Å². The minimum atomic E-state index is 0.732. The van der Waals surface area contributed by atoms with Crippen LogP contribution >= 0.6 is 0 Å². The van der Waals surface area contributed by atoms with E-state index in [0.29, 0.717) is 0 Å². The third-order valence-electron chi connectivity index (χ3n) is 2.47. The zero-order valence-corrected chi connectivity index (χ0v) is 10.7. The van der Waals surface area contributed by atoms with Gasteiger partial charge in [-0.15, -0.1) is 0 Å². The maximum atomic E-state index is 5.44. The molecule has 4 nitrogen and oxygen atoms in total. The lowest BCUT2D eigenvalue weighted by molar-refractivity contribution is 0.104. The van der Waals surface area contributed by atoms with Gasteiger partial charge in [-0.25, -0.2) is 0 Å². The first-order chi connectivity index (χ1) is 8.34. The summed E-state index contributed by atoms with van der Waals surface area (Å²) in [7, 11) is 1.71. The highest BCUT2D eigenvalue weighted by atomic mass is 16.5. The van der Waals surface area contributed by atoms with Gasteiger partial charge in [-0.3, -0.25) is 4.98 Å². The van der Waals surface area contributed by atoms with Gasteiger partial charge in [0.25, 0.3) is 0 Å². The van der Waals surface area contributed by atoms with Crippen molar-refractivity contribution < 1.29 is 9.47 Å². The van der Waals surface area contributed by atoms with Crippen molar-refractivity contribution in [1.82, 2.24) is 10.3 Å². The van der Waals surface area contributed by atoms with Crippen molar-refractivity contribution in [2.45, 2.75) is 19.9 Å². The number of aromatic nitrogens is 1. The van der Waals surface area contributed by atoms with Gasteiger partial charge >= 0.3 is 0 Å². The second kappa shape index (κ2) is 9.10. The molecule has 1 aromatic heterocycles. The van der Waals surface area contributed by atoms with Crippen LogP contribution in [0.3, 0.4) is 0 Å². The summed E-state index contributed by atoms with van der Waals surface area (Å²) in [5, 5.41) is 3.31. The fourth-order valence-corrected chi connectivity index (χ4v) is 1.46. The van der Waals surface area contributed by atoms with Crippen LogP contribution in [0.2, 0.25) is 0 Å². The van der Waals surface area contributed by atoms with Gasteiger partial charge in [0, 0.05) is 39.6 Å². The van der Waals surface area contributed by atoms with Crippen LogP contribution < -0.4 is 5.32 Å². The molecule has 0 aromatic carbocycles.